The van der Waals surface area contributed by atoms with Crippen LogP contribution in [0.15, 0.2) is 17.5 Å². The van der Waals surface area contributed by atoms with Crippen LogP contribution in [0.4, 0.5) is 0 Å². The first-order valence-corrected chi connectivity index (χ1v) is 8.97. The van der Waals surface area contributed by atoms with Gasteiger partial charge in [0.2, 0.25) is 0 Å². The van der Waals surface area contributed by atoms with E-state index in [9.17, 15) is 0 Å². The van der Waals surface area contributed by atoms with Gasteiger partial charge in [-0.3, -0.25) is 4.90 Å². The first kappa shape index (κ1) is 16.0. The number of nitrogens with one attached hydrogen (secondary N) is 1. The molecular formula is C17H30N2S. The second kappa shape index (κ2) is 7.58. The van der Waals surface area contributed by atoms with Crippen LogP contribution in [0.25, 0.3) is 0 Å². The van der Waals surface area contributed by atoms with E-state index in [4.69, 9.17) is 0 Å². The molecule has 0 spiro atoms. The third-order valence-electron chi connectivity index (χ3n) is 4.35. The molecule has 20 heavy (non-hydrogen) atoms. The first-order chi connectivity index (χ1) is 9.59. The topological polar surface area (TPSA) is 15.3 Å². The number of rotatable bonds is 6. The van der Waals surface area contributed by atoms with Gasteiger partial charge in [-0.2, -0.15) is 0 Å². The molecule has 0 aromatic carbocycles. The molecule has 1 aliphatic heterocycles. The lowest BCUT2D eigenvalue weighted by Gasteiger charge is -2.40. The second-order valence-corrected chi connectivity index (χ2v) is 7.69. The van der Waals surface area contributed by atoms with E-state index in [0.717, 1.165) is 5.92 Å². The average molecular weight is 295 g/mol. The first-order valence-electron chi connectivity index (χ1n) is 8.09. The molecule has 2 heterocycles. The Balaban J connectivity index is 2.12. The van der Waals surface area contributed by atoms with E-state index < -0.39 is 0 Å². The molecule has 2 atom stereocenters. The van der Waals surface area contributed by atoms with E-state index in [-0.39, 0.29) is 0 Å². The predicted octanol–water partition coefficient (Wildman–Crippen LogP) is 4.16. The second-order valence-electron chi connectivity index (χ2n) is 6.71. The van der Waals surface area contributed by atoms with Gasteiger partial charge < -0.3 is 5.32 Å². The maximum atomic E-state index is 3.56. The van der Waals surface area contributed by atoms with Gasteiger partial charge in [0.25, 0.3) is 0 Å². The highest BCUT2D eigenvalue weighted by Gasteiger charge is 2.29. The number of thiophene rings is 1. The highest BCUT2D eigenvalue weighted by Crippen LogP contribution is 2.34. The molecule has 0 radical (unpaired) electrons. The quantitative estimate of drug-likeness (QED) is 0.847. The molecule has 3 heteroatoms. The van der Waals surface area contributed by atoms with Gasteiger partial charge in [-0.05, 0) is 63.1 Å². The average Bonchev–Trinajstić information content (AvgIpc) is 2.92. The van der Waals surface area contributed by atoms with Crippen molar-refractivity contribution >= 4 is 11.3 Å². The molecule has 1 N–H and O–H groups in total. The van der Waals surface area contributed by atoms with E-state index in [1.807, 2.05) is 11.3 Å². The minimum atomic E-state index is 0.567. The monoisotopic (exact) mass is 294 g/mol. The molecule has 2 rings (SSSR count). The number of piperidine rings is 1. The molecule has 0 saturated carbocycles. The molecule has 1 fully saturated rings. The smallest absolute Gasteiger partial charge is 0.0467 e. The Bertz CT molecular complexity index is 366. The third-order valence-corrected chi connectivity index (χ3v) is 5.30. The van der Waals surface area contributed by atoms with Crippen LogP contribution in [0.1, 0.15) is 51.5 Å². The Hall–Kier alpha value is -0.380. The van der Waals surface area contributed by atoms with Crippen LogP contribution in [0, 0.1) is 11.8 Å². The van der Waals surface area contributed by atoms with Gasteiger partial charge >= 0.3 is 0 Å². The van der Waals surface area contributed by atoms with Gasteiger partial charge in [-0.25, -0.2) is 0 Å². The van der Waals surface area contributed by atoms with Crippen LogP contribution in [0.3, 0.4) is 0 Å². The van der Waals surface area contributed by atoms with Crippen LogP contribution in [0.5, 0.6) is 0 Å². The highest BCUT2D eigenvalue weighted by molar-refractivity contribution is 7.10. The SMILES string of the molecule is CC(C)C(c1cccs1)N(CC1CCCNC1)C(C)C. The minimum Gasteiger partial charge on any atom is -0.316 e. The lowest BCUT2D eigenvalue weighted by atomic mass is 9.94. The maximum absolute atomic E-state index is 3.56. The van der Waals surface area contributed by atoms with Crippen molar-refractivity contribution in [3.05, 3.63) is 22.4 Å². The van der Waals surface area contributed by atoms with Crippen molar-refractivity contribution in [2.45, 2.75) is 52.6 Å². The summed E-state index contributed by atoms with van der Waals surface area (Å²) in [5.74, 6) is 1.47. The largest absolute Gasteiger partial charge is 0.316 e. The van der Waals surface area contributed by atoms with Crippen molar-refractivity contribution < 1.29 is 0 Å². The van der Waals surface area contributed by atoms with Crippen molar-refractivity contribution in [3.63, 3.8) is 0 Å². The zero-order valence-corrected chi connectivity index (χ0v) is 14.2. The maximum Gasteiger partial charge on any atom is 0.0467 e. The van der Waals surface area contributed by atoms with E-state index in [0.29, 0.717) is 18.0 Å². The van der Waals surface area contributed by atoms with Crippen molar-refractivity contribution in [1.82, 2.24) is 10.2 Å². The van der Waals surface area contributed by atoms with E-state index in [2.05, 4.69) is 55.4 Å². The Morgan fingerprint density at radius 2 is 2.15 bits per heavy atom. The Morgan fingerprint density at radius 1 is 1.35 bits per heavy atom. The summed E-state index contributed by atoms with van der Waals surface area (Å²) in [5.41, 5.74) is 0. The molecule has 1 saturated heterocycles. The van der Waals surface area contributed by atoms with Crippen molar-refractivity contribution in [1.29, 1.82) is 0 Å². The van der Waals surface area contributed by atoms with Crippen molar-refractivity contribution in [3.8, 4) is 0 Å². The van der Waals surface area contributed by atoms with Gasteiger partial charge in [-0.15, -0.1) is 11.3 Å². The van der Waals surface area contributed by atoms with E-state index in [1.54, 1.807) is 0 Å². The molecule has 2 unspecified atom stereocenters. The number of nitrogens with zero attached hydrogens (tertiary/aromatic N) is 1. The number of hydrogen-bond acceptors (Lipinski definition) is 3. The van der Waals surface area contributed by atoms with Crippen LogP contribution in [0.2, 0.25) is 0 Å². The van der Waals surface area contributed by atoms with Crippen LogP contribution < -0.4 is 5.32 Å². The van der Waals surface area contributed by atoms with Gasteiger partial charge in [0, 0.05) is 23.5 Å². The van der Waals surface area contributed by atoms with Crippen LogP contribution in [-0.2, 0) is 0 Å². The van der Waals surface area contributed by atoms with Gasteiger partial charge in [0.15, 0.2) is 0 Å². The van der Waals surface area contributed by atoms with Crippen LogP contribution >= 0.6 is 11.3 Å². The highest BCUT2D eigenvalue weighted by atomic mass is 32.1. The van der Waals surface area contributed by atoms with Gasteiger partial charge in [0.1, 0.15) is 0 Å². The Morgan fingerprint density at radius 3 is 2.65 bits per heavy atom. The zero-order chi connectivity index (χ0) is 14.5. The fourth-order valence-electron chi connectivity index (χ4n) is 3.36. The van der Waals surface area contributed by atoms with Crippen molar-refractivity contribution in [2.75, 3.05) is 19.6 Å². The molecule has 1 aliphatic rings. The lowest BCUT2D eigenvalue weighted by Crippen LogP contribution is -2.44. The van der Waals surface area contributed by atoms with Crippen molar-refractivity contribution in [2.24, 2.45) is 11.8 Å². The minimum absolute atomic E-state index is 0.567. The molecule has 2 nitrogen and oxygen atoms in total. The molecule has 0 amide bonds. The Kier molecular flexibility index (Phi) is 6.06. The molecule has 114 valence electrons. The summed E-state index contributed by atoms with van der Waals surface area (Å²) in [4.78, 5) is 4.26. The van der Waals surface area contributed by atoms with Gasteiger partial charge in [0.05, 0.1) is 0 Å². The van der Waals surface area contributed by atoms with Gasteiger partial charge in [-0.1, -0.05) is 19.9 Å². The summed E-state index contributed by atoms with van der Waals surface area (Å²) in [7, 11) is 0. The lowest BCUT2D eigenvalue weighted by molar-refractivity contribution is 0.0916. The van der Waals surface area contributed by atoms with E-state index >= 15 is 0 Å². The standard InChI is InChI=1S/C17H30N2S/c1-13(2)17(16-8-6-10-20-16)19(14(3)4)12-15-7-5-9-18-11-15/h6,8,10,13-15,17-18H,5,7,9,11-12H2,1-4H3. The summed E-state index contributed by atoms with van der Waals surface area (Å²) in [6.45, 7) is 13.0. The molecule has 1 aromatic rings. The fourth-order valence-corrected chi connectivity index (χ4v) is 4.38. The summed E-state index contributed by atoms with van der Waals surface area (Å²) in [6, 6.07) is 5.67. The summed E-state index contributed by atoms with van der Waals surface area (Å²) in [6.07, 6.45) is 2.72. The summed E-state index contributed by atoms with van der Waals surface area (Å²) < 4.78 is 0. The van der Waals surface area contributed by atoms with E-state index in [1.165, 1.54) is 37.4 Å². The normalized spacial score (nSPS) is 21.9. The third kappa shape index (κ3) is 4.06. The molecule has 0 bridgehead atoms. The fraction of sp³-hybridized carbons (Fsp3) is 0.765. The van der Waals surface area contributed by atoms with Crippen LogP contribution in [-0.4, -0.2) is 30.6 Å². The Labute approximate surface area is 128 Å². The number of hydrogen-bond donors (Lipinski definition) is 1. The molecule has 1 aromatic heterocycles. The molecule has 0 aliphatic carbocycles. The zero-order valence-electron chi connectivity index (χ0n) is 13.4. The summed E-state index contributed by atoms with van der Waals surface area (Å²) >= 11 is 1.91. The predicted molar refractivity (Wildman–Crippen MR) is 89.3 cm³/mol. The molecular weight excluding hydrogens is 264 g/mol. The summed E-state index contributed by atoms with van der Waals surface area (Å²) in [5, 5.41) is 5.77.